The monoisotopic (exact) mass is 535 g/mol. The molecule has 1 aromatic carbocycles. The maximum absolute atomic E-state index is 5.49. The van der Waals surface area contributed by atoms with Gasteiger partial charge in [-0.3, -0.25) is 4.68 Å². The van der Waals surface area contributed by atoms with Crippen LogP contribution in [0.3, 0.4) is 0 Å². The second-order valence-corrected chi connectivity index (χ2v) is 7.57. The molecule has 1 fully saturated rings. The van der Waals surface area contributed by atoms with Crippen LogP contribution in [0.2, 0.25) is 0 Å². The van der Waals surface area contributed by atoms with Crippen molar-refractivity contribution in [2.75, 3.05) is 26.3 Å². The van der Waals surface area contributed by atoms with E-state index in [2.05, 4.69) is 27.9 Å². The van der Waals surface area contributed by atoms with Crippen molar-refractivity contribution >= 4 is 29.9 Å². The van der Waals surface area contributed by atoms with Gasteiger partial charge >= 0.3 is 0 Å². The molecule has 0 amide bonds. The Morgan fingerprint density at radius 1 is 1.19 bits per heavy atom. The number of rotatable bonds is 8. The number of benzene rings is 1. The predicted octanol–water partition coefficient (Wildman–Crippen LogP) is 3.61. The molecule has 0 spiro atoms. The summed E-state index contributed by atoms with van der Waals surface area (Å²) >= 11 is 0. The molecule has 0 bridgehead atoms. The molecule has 8 heteroatoms. The Balaban J connectivity index is 0.00000272. The second-order valence-electron chi connectivity index (χ2n) is 7.57. The lowest BCUT2D eigenvalue weighted by Crippen LogP contribution is -2.40. The molecule has 166 valence electrons. The van der Waals surface area contributed by atoms with Crippen molar-refractivity contribution in [3.63, 3.8) is 0 Å². The van der Waals surface area contributed by atoms with E-state index >= 15 is 0 Å². The number of ether oxygens (including phenoxy) is 1. The zero-order valence-corrected chi connectivity index (χ0v) is 20.1. The first kappa shape index (κ1) is 23.3. The molecular formula is C23H30IN5O2. The summed E-state index contributed by atoms with van der Waals surface area (Å²) in [7, 11) is 1.94. The predicted molar refractivity (Wildman–Crippen MR) is 133 cm³/mol. The van der Waals surface area contributed by atoms with Gasteiger partial charge in [-0.2, -0.15) is 5.10 Å². The van der Waals surface area contributed by atoms with E-state index in [1.807, 2.05) is 48.3 Å². The average Bonchev–Trinajstić information content (AvgIpc) is 3.53. The first-order valence-corrected chi connectivity index (χ1v) is 10.5. The van der Waals surface area contributed by atoms with Gasteiger partial charge in [0.25, 0.3) is 0 Å². The van der Waals surface area contributed by atoms with Gasteiger partial charge in [-0.05, 0) is 18.6 Å². The summed E-state index contributed by atoms with van der Waals surface area (Å²) in [6, 6.07) is 14.1. The molecule has 1 unspecified atom stereocenters. The van der Waals surface area contributed by atoms with Crippen LogP contribution in [0.15, 0.2) is 64.3 Å². The number of hydrogen-bond donors (Lipinski definition) is 2. The molecule has 2 N–H and O–H groups in total. The molecule has 0 aliphatic carbocycles. The maximum Gasteiger partial charge on any atom is 0.191 e. The molecular weight excluding hydrogens is 505 g/mol. The van der Waals surface area contributed by atoms with Crippen molar-refractivity contribution in [1.29, 1.82) is 0 Å². The fourth-order valence-corrected chi connectivity index (χ4v) is 3.58. The van der Waals surface area contributed by atoms with E-state index in [9.17, 15) is 0 Å². The van der Waals surface area contributed by atoms with E-state index in [1.165, 1.54) is 0 Å². The number of aryl methyl sites for hydroxylation is 1. The first-order valence-electron chi connectivity index (χ1n) is 10.5. The Hall–Kier alpha value is -2.33. The Morgan fingerprint density at radius 3 is 2.81 bits per heavy atom. The molecule has 1 atom stereocenters. The summed E-state index contributed by atoms with van der Waals surface area (Å²) in [5.74, 6) is 2.29. The van der Waals surface area contributed by atoms with Gasteiger partial charge in [-0.15, -0.1) is 24.0 Å². The summed E-state index contributed by atoms with van der Waals surface area (Å²) in [6.07, 6.45) is 5.64. The summed E-state index contributed by atoms with van der Waals surface area (Å²) in [6.45, 7) is 3.81. The van der Waals surface area contributed by atoms with Gasteiger partial charge < -0.3 is 19.8 Å². The lowest BCUT2D eigenvalue weighted by Gasteiger charge is -2.15. The molecule has 2 aromatic heterocycles. The van der Waals surface area contributed by atoms with E-state index in [1.54, 1.807) is 6.26 Å². The molecule has 4 rings (SSSR count). The van der Waals surface area contributed by atoms with Crippen LogP contribution in [0.4, 0.5) is 0 Å². The van der Waals surface area contributed by atoms with E-state index in [-0.39, 0.29) is 24.0 Å². The van der Waals surface area contributed by atoms with Gasteiger partial charge in [0.05, 0.1) is 25.1 Å². The van der Waals surface area contributed by atoms with Crippen molar-refractivity contribution in [1.82, 2.24) is 20.4 Å². The van der Waals surface area contributed by atoms with Crippen LogP contribution in [0.1, 0.15) is 17.7 Å². The Morgan fingerprint density at radius 2 is 2.06 bits per heavy atom. The van der Waals surface area contributed by atoms with Gasteiger partial charge in [-0.25, -0.2) is 4.99 Å². The largest absolute Gasteiger partial charge is 0.469 e. The van der Waals surface area contributed by atoms with Gasteiger partial charge in [0.1, 0.15) is 5.76 Å². The maximum atomic E-state index is 5.49. The molecule has 31 heavy (non-hydrogen) atoms. The van der Waals surface area contributed by atoms with E-state index < -0.39 is 0 Å². The van der Waals surface area contributed by atoms with Crippen LogP contribution in [0.25, 0.3) is 11.3 Å². The number of nitrogens with zero attached hydrogens (tertiary/aromatic N) is 3. The minimum atomic E-state index is 0. The number of guanidine groups is 1. The molecule has 3 aromatic rings. The van der Waals surface area contributed by atoms with Gasteiger partial charge in [0.2, 0.25) is 0 Å². The molecule has 7 nitrogen and oxygen atoms in total. The van der Waals surface area contributed by atoms with Crippen molar-refractivity contribution in [3.05, 3.63) is 66.2 Å². The van der Waals surface area contributed by atoms with Gasteiger partial charge in [0, 0.05) is 56.4 Å². The quantitative estimate of drug-likeness (QED) is 0.262. The van der Waals surface area contributed by atoms with Crippen LogP contribution in [0, 0.1) is 5.92 Å². The molecule has 0 radical (unpaired) electrons. The number of furan rings is 1. The van der Waals surface area contributed by atoms with Crippen molar-refractivity contribution in [2.45, 2.75) is 19.4 Å². The Labute approximate surface area is 200 Å². The van der Waals surface area contributed by atoms with Crippen LogP contribution < -0.4 is 10.6 Å². The fourth-order valence-electron chi connectivity index (χ4n) is 3.58. The average molecular weight is 535 g/mol. The van der Waals surface area contributed by atoms with Crippen molar-refractivity contribution in [3.8, 4) is 11.3 Å². The van der Waals surface area contributed by atoms with Crippen molar-refractivity contribution < 1.29 is 9.15 Å². The smallest absolute Gasteiger partial charge is 0.191 e. The molecule has 1 saturated heterocycles. The SMILES string of the molecule is Cn1cc(CN=C(NCCc2ccco2)NCC2CCOC2)c(-c2ccccc2)n1.I. The lowest BCUT2D eigenvalue weighted by atomic mass is 10.1. The number of halogens is 1. The van der Waals surface area contributed by atoms with E-state index in [0.717, 1.165) is 67.7 Å². The topological polar surface area (TPSA) is 76.6 Å². The summed E-state index contributed by atoms with van der Waals surface area (Å²) in [5, 5.41) is 11.5. The third kappa shape index (κ3) is 6.83. The number of aromatic nitrogens is 2. The highest BCUT2D eigenvalue weighted by atomic mass is 127. The molecule has 1 aliphatic heterocycles. The standard InChI is InChI=1S/C23H29N5O2.HI/c1-28-16-20(22(27-28)19-6-3-2-4-7-19)15-26-23(25-14-18-10-13-29-17-18)24-11-9-21-8-5-12-30-21;/h2-8,12,16,18H,9-11,13-15,17H2,1H3,(H2,24,25,26);1H. The third-order valence-corrected chi connectivity index (χ3v) is 5.19. The second kappa shape index (κ2) is 11.9. The van der Waals surface area contributed by atoms with Crippen molar-refractivity contribution in [2.24, 2.45) is 18.0 Å². The summed E-state index contributed by atoms with van der Waals surface area (Å²) in [5.41, 5.74) is 3.17. The zero-order valence-electron chi connectivity index (χ0n) is 17.8. The first-order chi connectivity index (χ1) is 14.8. The number of nitrogens with one attached hydrogen (secondary N) is 2. The molecule has 1 aliphatic rings. The van der Waals surface area contributed by atoms with Crippen LogP contribution >= 0.6 is 24.0 Å². The zero-order chi connectivity index (χ0) is 20.6. The van der Waals surface area contributed by atoms with E-state index in [4.69, 9.17) is 14.1 Å². The van der Waals surface area contributed by atoms with Gasteiger partial charge in [0.15, 0.2) is 5.96 Å². The van der Waals surface area contributed by atoms with Crippen LogP contribution in [-0.2, 0) is 24.8 Å². The highest BCUT2D eigenvalue weighted by Gasteiger charge is 2.16. The highest BCUT2D eigenvalue weighted by molar-refractivity contribution is 14.0. The van der Waals surface area contributed by atoms with E-state index in [0.29, 0.717) is 12.5 Å². The summed E-state index contributed by atoms with van der Waals surface area (Å²) < 4.78 is 12.8. The molecule has 0 saturated carbocycles. The molecule has 3 heterocycles. The Kier molecular flexibility index (Phi) is 8.96. The fraction of sp³-hybridized carbons (Fsp3) is 0.391. The van der Waals surface area contributed by atoms with Crippen LogP contribution in [0.5, 0.6) is 0 Å². The normalized spacial score (nSPS) is 16.2. The number of hydrogen-bond acceptors (Lipinski definition) is 4. The summed E-state index contributed by atoms with van der Waals surface area (Å²) in [4.78, 5) is 4.84. The Bertz CT molecular complexity index is 934. The van der Waals surface area contributed by atoms with Crippen LogP contribution in [-0.4, -0.2) is 42.0 Å². The highest BCUT2D eigenvalue weighted by Crippen LogP contribution is 2.22. The minimum absolute atomic E-state index is 0. The third-order valence-electron chi connectivity index (χ3n) is 5.19. The minimum Gasteiger partial charge on any atom is -0.469 e. The lowest BCUT2D eigenvalue weighted by molar-refractivity contribution is 0.186. The number of aliphatic imine (C=N–C) groups is 1. The van der Waals surface area contributed by atoms with Gasteiger partial charge in [-0.1, -0.05) is 30.3 Å².